The Morgan fingerprint density at radius 2 is 1.14 bits per heavy atom. The summed E-state index contributed by atoms with van der Waals surface area (Å²) in [5.41, 5.74) is 2.91. The Morgan fingerprint density at radius 1 is 0.660 bits per heavy atom. The van der Waals surface area contributed by atoms with Crippen molar-refractivity contribution < 1.29 is 19.7 Å². The number of aromatic nitrogens is 5. The van der Waals surface area contributed by atoms with Crippen molar-refractivity contribution in [2.75, 3.05) is 13.2 Å². The molecule has 50 heavy (non-hydrogen) atoms. The lowest BCUT2D eigenvalue weighted by Crippen LogP contribution is -2.12. The van der Waals surface area contributed by atoms with Crippen LogP contribution in [0.15, 0.2) is 36.5 Å². The normalized spacial score (nSPS) is 12.7. The fourth-order valence-electron chi connectivity index (χ4n) is 6.06. The number of hydrogen-bond acceptors (Lipinski definition) is 8. The highest BCUT2D eigenvalue weighted by Gasteiger charge is 2.22. The van der Waals surface area contributed by atoms with Crippen LogP contribution >= 0.6 is 0 Å². The second-order valence-corrected chi connectivity index (χ2v) is 14.1. The van der Waals surface area contributed by atoms with E-state index in [9.17, 15) is 10.2 Å². The average Bonchev–Trinajstić information content (AvgIpc) is 3.59. The minimum Gasteiger partial charge on any atom is -0.507 e. The highest BCUT2D eigenvalue weighted by molar-refractivity contribution is 5.74. The van der Waals surface area contributed by atoms with Gasteiger partial charge in [-0.1, -0.05) is 80.1 Å². The van der Waals surface area contributed by atoms with Crippen molar-refractivity contribution in [3.63, 3.8) is 0 Å². The van der Waals surface area contributed by atoms with Crippen LogP contribution in [0.4, 0.5) is 0 Å². The number of benzene rings is 2. The van der Waals surface area contributed by atoms with E-state index >= 15 is 0 Å². The van der Waals surface area contributed by atoms with Crippen molar-refractivity contribution in [3.8, 4) is 57.3 Å². The second kappa shape index (κ2) is 18.7. The Morgan fingerprint density at radius 3 is 1.58 bits per heavy atom. The van der Waals surface area contributed by atoms with E-state index in [2.05, 4.69) is 46.6 Å². The van der Waals surface area contributed by atoms with Gasteiger partial charge < -0.3 is 19.7 Å². The largest absolute Gasteiger partial charge is 0.507 e. The maximum atomic E-state index is 11.5. The first-order valence-electron chi connectivity index (χ1n) is 18.8. The van der Waals surface area contributed by atoms with Gasteiger partial charge in [0.25, 0.3) is 0 Å². The molecule has 0 amide bonds. The molecular weight excluding hydrogens is 626 g/mol. The minimum absolute atomic E-state index is 0.0539. The van der Waals surface area contributed by atoms with Crippen molar-refractivity contribution >= 4 is 0 Å². The molecule has 2 unspecified atom stereocenters. The maximum absolute atomic E-state index is 11.5. The summed E-state index contributed by atoms with van der Waals surface area (Å²) in [6, 6.07) is 9.25. The number of ether oxygens (including phenoxy) is 2. The van der Waals surface area contributed by atoms with E-state index in [0.29, 0.717) is 88.7 Å². The van der Waals surface area contributed by atoms with Gasteiger partial charge in [0.15, 0.2) is 17.5 Å². The monoisotopic (exact) mass is 685 g/mol. The van der Waals surface area contributed by atoms with Crippen molar-refractivity contribution in [1.29, 1.82) is 0 Å². The van der Waals surface area contributed by atoms with Crippen LogP contribution in [0.5, 0.6) is 23.0 Å². The van der Waals surface area contributed by atoms with Crippen molar-refractivity contribution in [2.24, 2.45) is 17.8 Å². The zero-order valence-electron chi connectivity index (χ0n) is 31.6. The Bertz CT molecular complexity index is 1570. The number of aryl methyl sites for hydroxylation is 1. The van der Waals surface area contributed by atoms with Gasteiger partial charge in [-0.3, -0.25) is 4.68 Å². The summed E-state index contributed by atoms with van der Waals surface area (Å²) in [6.45, 7) is 18.8. The van der Waals surface area contributed by atoms with Crippen LogP contribution in [0, 0.1) is 31.6 Å². The number of phenolic OH excluding ortho intramolecular Hbond substituents is 2. The molecular formula is C41H59N5O4. The summed E-state index contributed by atoms with van der Waals surface area (Å²) >= 11 is 0. The van der Waals surface area contributed by atoms with Crippen LogP contribution in [0.1, 0.15) is 110 Å². The Balaban J connectivity index is 1.75. The molecule has 4 rings (SSSR count). The lowest BCUT2D eigenvalue weighted by molar-refractivity contribution is 0.231. The van der Waals surface area contributed by atoms with Gasteiger partial charge in [-0.2, -0.15) is 5.10 Å². The van der Waals surface area contributed by atoms with Gasteiger partial charge in [0.2, 0.25) is 0 Å². The van der Waals surface area contributed by atoms with Crippen molar-refractivity contribution in [2.45, 2.75) is 120 Å². The lowest BCUT2D eigenvalue weighted by Gasteiger charge is -2.19. The Labute approximate surface area is 299 Å². The molecule has 272 valence electrons. The summed E-state index contributed by atoms with van der Waals surface area (Å²) < 4.78 is 14.4. The number of hydrogen-bond donors (Lipinski definition) is 2. The molecule has 2 atom stereocenters. The van der Waals surface area contributed by atoms with E-state index in [-0.39, 0.29) is 11.5 Å². The highest BCUT2D eigenvalue weighted by atomic mass is 16.5. The standard InChI is InChI=1S/C41H59N5O4/c1-9-13-15-30(11-3)25-49-35-19-17-32(37(47)28(35)7)39-43-40(45-41(44-39)34-21-23-42-46(34)24-22-27(5)6)33-18-20-36(29(8)38(33)48)50-26-31(12-4)16-14-10-2/h17-21,23,27,30-31,47-48H,9-16,22,24-26H2,1-8H3. The van der Waals surface area contributed by atoms with Gasteiger partial charge in [0.05, 0.1) is 24.3 Å². The van der Waals surface area contributed by atoms with Crippen LogP contribution < -0.4 is 9.47 Å². The zero-order chi connectivity index (χ0) is 36.2. The van der Waals surface area contributed by atoms with Crippen LogP contribution in [0.25, 0.3) is 34.3 Å². The molecule has 0 bridgehead atoms. The van der Waals surface area contributed by atoms with E-state index in [1.165, 1.54) is 12.8 Å². The summed E-state index contributed by atoms with van der Waals surface area (Å²) in [5.74, 6) is 3.82. The first-order chi connectivity index (χ1) is 24.1. The zero-order valence-corrected chi connectivity index (χ0v) is 31.6. The van der Waals surface area contributed by atoms with Gasteiger partial charge in [0, 0.05) is 23.9 Å². The predicted octanol–water partition coefficient (Wildman–Crippen LogP) is 10.3. The predicted molar refractivity (Wildman–Crippen MR) is 202 cm³/mol. The Kier molecular flexibility index (Phi) is 14.5. The molecule has 0 radical (unpaired) electrons. The molecule has 0 aliphatic carbocycles. The molecule has 2 aromatic carbocycles. The number of nitrogens with zero attached hydrogens (tertiary/aromatic N) is 5. The molecule has 0 saturated heterocycles. The molecule has 0 spiro atoms. The van der Waals surface area contributed by atoms with Gasteiger partial charge in [-0.15, -0.1) is 0 Å². The van der Waals surface area contributed by atoms with E-state index in [1.807, 2.05) is 36.7 Å². The van der Waals surface area contributed by atoms with E-state index in [4.69, 9.17) is 24.4 Å². The Hall–Kier alpha value is -4.14. The fraction of sp³-hybridized carbons (Fsp3) is 0.561. The average molecular weight is 686 g/mol. The summed E-state index contributed by atoms with van der Waals surface area (Å²) in [6.07, 6.45) is 11.7. The van der Waals surface area contributed by atoms with Crippen molar-refractivity contribution in [3.05, 3.63) is 47.7 Å². The third-order valence-electron chi connectivity index (χ3n) is 9.78. The first kappa shape index (κ1) is 38.7. The number of rotatable bonds is 20. The molecule has 9 nitrogen and oxygen atoms in total. The highest BCUT2D eigenvalue weighted by Crippen LogP contribution is 2.40. The number of aromatic hydroxyl groups is 2. The van der Waals surface area contributed by atoms with Crippen LogP contribution in [0.3, 0.4) is 0 Å². The molecule has 4 aromatic rings. The second-order valence-electron chi connectivity index (χ2n) is 14.1. The van der Waals surface area contributed by atoms with Gasteiger partial charge in [0.1, 0.15) is 28.7 Å². The third kappa shape index (κ3) is 9.76. The number of phenols is 2. The smallest absolute Gasteiger partial charge is 0.182 e. The molecule has 2 N–H and O–H groups in total. The molecule has 2 aromatic heterocycles. The summed E-state index contributed by atoms with van der Waals surface area (Å²) in [7, 11) is 0. The van der Waals surface area contributed by atoms with Crippen LogP contribution in [-0.4, -0.2) is 48.2 Å². The number of unbranched alkanes of at least 4 members (excludes halogenated alkanes) is 2. The molecule has 0 saturated carbocycles. The van der Waals surface area contributed by atoms with Gasteiger partial charge in [-0.25, -0.2) is 15.0 Å². The maximum Gasteiger partial charge on any atom is 0.182 e. The van der Waals surface area contributed by atoms with Gasteiger partial charge in [-0.05, 0) is 81.2 Å². The van der Waals surface area contributed by atoms with Crippen LogP contribution in [-0.2, 0) is 6.54 Å². The summed E-state index contributed by atoms with van der Waals surface area (Å²) in [5, 5.41) is 27.6. The molecule has 0 aliphatic rings. The quantitative estimate of drug-likeness (QED) is 0.0944. The molecule has 2 heterocycles. The SMILES string of the molecule is CCCCC(CC)COc1ccc(-c2nc(-c3ccc(OCC(CC)CCCC)c(C)c3O)nc(-c3ccnn3CCC(C)C)n2)c(O)c1C. The summed E-state index contributed by atoms with van der Waals surface area (Å²) in [4.78, 5) is 14.6. The first-order valence-corrected chi connectivity index (χ1v) is 18.8. The lowest BCUT2D eigenvalue weighted by atomic mass is 10.0. The topological polar surface area (TPSA) is 115 Å². The van der Waals surface area contributed by atoms with E-state index in [1.54, 1.807) is 18.3 Å². The van der Waals surface area contributed by atoms with Crippen LogP contribution in [0.2, 0.25) is 0 Å². The van der Waals surface area contributed by atoms with E-state index in [0.717, 1.165) is 50.6 Å². The fourth-order valence-corrected chi connectivity index (χ4v) is 6.06. The third-order valence-corrected chi connectivity index (χ3v) is 9.78. The minimum atomic E-state index is 0.0539. The van der Waals surface area contributed by atoms with Crippen molar-refractivity contribution in [1.82, 2.24) is 24.7 Å². The molecule has 0 aliphatic heterocycles. The van der Waals surface area contributed by atoms with Gasteiger partial charge >= 0.3 is 0 Å². The van der Waals surface area contributed by atoms with E-state index < -0.39 is 0 Å². The molecule has 0 fully saturated rings. The molecule has 9 heteroatoms.